The maximum atomic E-state index is 3.06. The van der Waals surface area contributed by atoms with Crippen molar-refractivity contribution < 1.29 is 16.3 Å². The number of hydrogen-bond acceptors (Lipinski definition) is 2. The molecule has 90 valence electrons. The van der Waals surface area contributed by atoms with Crippen LogP contribution in [0.15, 0.2) is 24.3 Å². The van der Waals surface area contributed by atoms with E-state index in [-0.39, 0.29) is 0 Å². The Morgan fingerprint density at radius 3 is 2.18 bits per heavy atom. The molecule has 0 atom stereocenters. The monoisotopic (exact) mass is 346 g/mol. The summed E-state index contributed by atoms with van der Waals surface area (Å²) in [5, 5.41) is 0. The Morgan fingerprint density at radius 1 is 1.12 bits per heavy atom. The van der Waals surface area contributed by atoms with Gasteiger partial charge in [0.25, 0.3) is 0 Å². The van der Waals surface area contributed by atoms with Crippen molar-refractivity contribution in [2.75, 3.05) is 32.7 Å². The first-order valence-corrected chi connectivity index (χ1v) is 13.0. The van der Waals surface area contributed by atoms with E-state index in [1.165, 1.54) is 54.6 Å². The predicted molar refractivity (Wildman–Crippen MR) is 71.6 cm³/mol. The van der Waals surface area contributed by atoms with E-state index in [9.17, 15) is 0 Å². The van der Waals surface area contributed by atoms with E-state index in [4.69, 9.17) is 0 Å². The molecule has 1 fully saturated rings. The first kappa shape index (κ1) is 15.3. The molecule has 1 aromatic carbocycles. The molecule has 0 spiro atoms. The molecule has 0 aliphatic carbocycles. The Kier molecular flexibility index (Phi) is 8.29. The second-order valence-electron chi connectivity index (χ2n) is 4.12. The van der Waals surface area contributed by atoms with E-state index < -0.39 is 0 Å². The average molecular weight is 349 g/mol. The quantitative estimate of drug-likeness (QED) is 0.612. The second kappa shape index (κ2) is 9.21. The molecule has 0 N–H and O–H groups in total. The molecule has 2 rings (SSSR count). The molecule has 1 saturated heterocycles. The van der Waals surface area contributed by atoms with E-state index in [1.807, 2.05) is 12.1 Å². The first-order chi connectivity index (χ1) is 8.38. The zero-order valence-corrected chi connectivity index (χ0v) is 15.1. The summed E-state index contributed by atoms with van der Waals surface area (Å²) in [6.07, 6.45) is 0. The van der Waals surface area contributed by atoms with Gasteiger partial charge in [-0.1, -0.05) is 6.92 Å². The van der Waals surface area contributed by atoms with Crippen LogP contribution in [0.1, 0.15) is 12.5 Å². The summed E-state index contributed by atoms with van der Waals surface area (Å²) < 4.78 is 0. The Hall–Kier alpha value is 0.243. The van der Waals surface area contributed by atoms with Gasteiger partial charge < -0.3 is 4.90 Å². The average Bonchev–Trinajstić information content (AvgIpc) is 2.43. The van der Waals surface area contributed by atoms with E-state index in [0.29, 0.717) is 0 Å². The molecule has 0 aromatic heterocycles. The molecule has 1 aromatic rings. The number of rotatable bonds is 3. The van der Waals surface area contributed by atoms with Crippen molar-refractivity contribution in [2.24, 2.45) is 0 Å². The van der Waals surface area contributed by atoms with Gasteiger partial charge in [0.05, 0.1) is 0 Å². The van der Waals surface area contributed by atoms with Crippen LogP contribution in [0.5, 0.6) is 0 Å². The van der Waals surface area contributed by atoms with Crippen LogP contribution >= 0.6 is 13.6 Å². The van der Waals surface area contributed by atoms with Crippen molar-refractivity contribution in [2.45, 2.75) is 13.5 Å². The number of piperazine rings is 1. The number of nitrogens with zero attached hydrogens (tertiary/aromatic N) is 2. The Bertz CT molecular complexity index is 287. The summed E-state index contributed by atoms with van der Waals surface area (Å²) >= 11 is 4.25. The third-order valence-corrected chi connectivity index (χ3v) is 3.11. The molecule has 0 unspecified atom stereocenters. The third-order valence-electron chi connectivity index (χ3n) is 3.11. The molecule has 4 heteroatoms. The fourth-order valence-electron chi connectivity index (χ4n) is 2.05. The number of hydrogen-bond donors (Lipinski definition) is 0. The molecular formula is C13H19BrN2Zn. The van der Waals surface area contributed by atoms with Crippen LogP contribution in [0.3, 0.4) is 0 Å². The van der Waals surface area contributed by atoms with Gasteiger partial charge >= 0.3 is 30.0 Å². The molecule has 17 heavy (non-hydrogen) atoms. The van der Waals surface area contributed by atoms with Gasteiger partial charge in [-0.3, -0.25) is 4.90 Å². The Morgan fingerprint density at radius 2 is 1.65 bits per heavy atom. The summed E-state index contributed by atoms with van der Waals surface area (Å²) in [5.74, 6) is 0. The zero-order valence-electron chi connectivity index (χ0n) is 10.5. The Balaban J connectivity index is 0.000000686. The van der Waals surface area contributed by atoms with Crippen LogP contribution in [0.4, 0.5) is 0 Å². The third kappa shape index (κ3) is 5.61. The van der Waals surface area contributed by atoms with Gasteiger partial charge in [0.2, 0.25) is 0 Å². The molecule has 0 radical (unpaired) electrons. The number of benzene rings is 1. The van der Waals surface area contributed by atoms with E-state index in [1.54, 1.807) is 0 Å². The number of halogens is 1. The molecule has 0 amide bonds. The summed E-state index contributed by atoms with van der Waals surface area (Å²) in [6.45, 7) is 9.35. The van der Waals surface area contributed by atoms with Gasteiger partial charge in [0.15, 0.2) is 0 Å². The van der Waals surface area contributed by atoms with E-state index in [2.05, 4.69) is 48.5 Å². The first-order valence-electron chi connectivity index (χ1n) is 6.05. The van der Waals surface area contributed by atoms with Crippen molar-refractivity contribution in [3.63, 3.8) is 0 Å². The molecule has 1 aliphatic rings. The van der Waals surface area contributed by atoms with Crippen molar-refractivity contribution in [1.82, 2.24) is 9.80 Å². The summed E-state index contributed by atoms with van der Waals surface area (Å²) in [4.78, 5) is 5.04. The summed E-state index contributed by atoms with van der Waals surface area (Å²) in [5.41, 5.74) is 1.40. The number of likely N-dealkylation sites (N-methyl/N-ethyl adjacent to an activating group) is 1. The van der Waals surface area contributed by atoms with E-state index in [0.717, 1.165) is 6.54 Å². The fraction of sp³-hybridized carbons (Fsp3) is 0.538. The van der Waals surface area contributed by atoms with Crippen LogP contribution in [0.2, 0.25) is 0 Å². The summed E-state index contributed by atoms with van der Waals surface area (Å²) in [6, 6.07) is 11.4. The van der Waals surface area contributed by atoms with Gasteiger partial charge in [-0.15, -0.1) is 5.56 Å². The zero-order chi connectivity index (χ0) is 12.5. The molecule has 2 nitrogen and oxygen atoms in total. The van der Waals surface area contributed by atoms with Gasteiger partial charge in [-0.05, 0) is 6.54 Å². The van der Waals surface area contributed by atoms with Crippen LogP contribution in [-0.2, 0) is 22.9 Å². The van der Waals surface area contributed by atoms with Crippen LogP contribution in [0, 0.1) is 6.07 Å². The molecule has 1 aliphatic heterocycles. The van der Waals surface area contributed by atoms with Crippen molar-refractivity contribution in [3.05, 3.63) is 35.9 Å². The molecular weight excluding hydrogens is 329 g/mol. The second-order valence-corrected chi connectivity index (χ2v) is 4.12. The predicted octanol–water partition coefficient (Wildman–Crippen LogP) is 2.47. The standard InChI is InChI=1S/C13H19N2.BrH.Zn/c1-2-14-8-10-15(11-9-14)12-13-6-4-3-5-7-13;;/h4-7H,2,8-12H2,1H3;1H;/q-1;;+2/p-1. The van der Waals surface area contributed by atoms with Crippen molar-refractivity contribution >= 4 is 13.6 Å². The topological polar surface area (TPSA) is 6.48 Å². The molecule has 1 heterocycles. The van der Waals surface area contributed by atoms with Gasteiger partial charge in [-0.2, -0.15) is 30.3 Å². The maximum absolute atomic E-state index is 3.06. The van der Waals surface area contributed by atoms with Crippen molar-refractivity contribution in [3.8, 4) is 0 Å². The SMILES string of the molecule is CCN1CCN(Cc2cc[c-]cc2)CC1.[Zn+][Br]. The van der Waals surface area contributed by atoms with E-state index >= 15 is 0 Å². The minimum atomic E-state index is 1.09. The van der Waals surface area contributed by atoms with Gasteiger partial charge in [0.1, 0.15) is 0 Å². The minimum absolute atomic E-state index is 1.09. The van der Waals surface area contributed by atoms with Crippen LogP contribution in [-0.4, -0.2) is 42.5 Å². The van der Waals surface area contributed by atoms with Crippen LogP contribution in [0.25, 0.3) is 0 Å². The summed E-state index contributed by atoms with van der Waals surface area (Å²) in [7, 11) is 0. The Labute approximate surface area is 121 Å². The normalized spacial score (nSPS) is 17.4. The van der Waals surface area contributed by atoms with Crippen molar-refractivity contribution in [1.29, 1.82) is 0 Å². The van der Waals surface area contributed by atoms with Gasteiger partial charge in [-0.25, -0.2) is 0 Å². The molecule has 0 bridgehead atoms. The van der Waals surface area contributed by atoms with Gasteiger partial charge in [0, 0.05) is 32.7 Å². The molecule has 0 saturated carbocycles. The fourth-order valence-corrected chi connectivity index (χ4v) is 2.05. The van der Waals surface area contributed by atoms with Crippen LogP contribution < -0.4 is 0 Å².